The molecule has 0 aliphatic rings. The highest BCUT2D eigenvalue weighted by Crippen LogP contribution is 2.31. The average molecular weight is 236 g/mol. The summed E-state index contributed by atoms with van der Waals surface area (Å²) in [4.78, 5) is 11.1. The zero-order chi connectivity index (χ0) is 11.5. The molecule has 0 unspecified atom stereocenters. The fourth-order valence-electron chi connectivity index (χ4n) is 1.47. The Labute approximate surface area is 98.0 Å². The Bertz CT molecular complexity index is 540. The second kappa shape index (κ2) is 4.41. The summed E-state index contributed by atoms with van der Waals surface area (Å²) in [5.41, 5.74) is 0. The molecule has 4 heteroatoms. The number of amides is 1. The van der Waals surface area contributed by atoms with Gasteiger partial charge in [-0.2, -0.15) is 0 Å². The van der Waals surface area contributed by atoms with Gasteiger partial charge in [0.15, 0.2) is 0 Å². The largest absolute Gasteiger partial charge is 0.412 e. The molecule has 0 saturated carbocycles. The molecular weight excluding hydrogens is 226 g/mol. The molecule has 0 spiro atoms. The Hall–Kier alpha value is -1.74. The number of rotatable bonds is 1. The van der Waals surface area contributed by atoms with Gasteiger partial charge in [-0.15, -0.1) is 0 Å². The van der Waals surface area contributed by atoms with E-state index in [9.17, 15) is 4.79 Å². The number of carbonyl (C=O) groups is 1. The van der Waals surface area contributed by atoms with Gasteiger partial charge in [0.25, 0.3) is 0 Å². The maximum atomic E-state index is 11.1. The summed E-state index contributed by atoms with van der Waals surface area (Å²) < 4.78 is 5.12. The Morgan fingerprint density at radius 3 is 2.56 bits per heavy atom. The normalized spacial score (nSPS) is 10.1. The van der Waals surface area contributed by atoms with Crippen molar-refractivity contribution in [1.29, 1.82) is 0 Å². The summed E-state index contributed by atoms with van der Waals surface area (Å²) >= 11 is 6.04. The smallest absolute Gasteiger partial charge is 0.410 e. The van der Waals surface area contributed by atoms with Crippen molar-refractivity contribution in [2.24, 2.45) is 0 Å². The van der Waals surface area contributed by atoms with Crippen LogP contribution >= 0.6 is 11.6 Å². The molecule has 1 amide bonds. The lowest BCUT2D eigenvalue weighted by atomic mass is 10.1. The van der Waals surface area contributed by atoms with Gasteiger partial charge in [-0.1, -0.05) is 35.9 Å². The van der Waals surface area contributed by atoms with Crippen LogP contribution in [-0.4, -0.2) is 13.1 Å². The number of ether oxygens (including phenoxy) is 1. The molecule has 1 N–H and O–H groups in total. The van der Waals surface area contributed by atoms with Crippen molar-refractivity contribution in [3.63, 3.8) is 0 Å². The predicted octanol–water partition coefficient (Wildman–Crippen LogP) is 3.21. The van der Waals surface area contributed by atoms with Crippen LogP contribution in [0.1, 0.15) is 0 Å². The van der Waals surface area contributed by atoms with E-state index in [1.54, 1.807) is 12.1 Å². The quantitative estimate of drug-likeness (QED) is 0.824. The zero-order valence-corrected chi connectivity index (χ0v) is 9.41. The van der Waals surface area contributed by atoms with Gasteiger partial charge < -0.3 is 10.1 Å². The molecule has 0 aromatic heterocycles. The second-order valence-electron chi connectivity index (χ2n) is 3.23. The van der Waals surface area contributed by atoms with E-state index in [1.807, 2.05) is 24.3 Å². The third kappa shape index (κ3) is 1.95. The minimum absolute atomic E-state index is 0.493. The first kappa shape index (κ1) is 10.8. The van der Waals surface area contributed by atoms with E-state index in [2.05, 4.69) is 5.32 Å². The molecular formula is C12H10ClNO2. The molecule has 0 atom stereocenters. The van der Waals surface area contributed by atoms with Gasteiger partial charge in [-0.3, -0.25) is 0 Å². The molecule has 2 rings (SSSR count). The van der Waals surface area contributed by atoms with Crippen LogP contribution in [-0.2, 0) is 0 Å². The lowest BCUT2D eigenvalue weighted by molar-refractivity contribution is 0.203. The highest BCUT2D eigenvalue weighted by Gasteiger charge is 2.07. The van der Waals surface area contributed by atoms with E-state index in [0.29, 0.717) is 10.8 Å². The van der Waals surface area contributed by atoms with Crippen LogP contribution in [0.5, 0.6) is 5.75 Å². The highest BCUT2D eigenvalue weighted by atomic mass is 35.5. The number of hydrogen-bond donors (Lipinski definition) is 1. The predicted molar refractivity (Wildman–Crippen MR) is 64.0 cm³/mol. The molecule has 16 heavy (non-hydrogen) atoms. The first-order chi connectivity index (χ1) is 7.72. The van der Waals surface area contributed by atoms with E-state index in [0.717, 1.165) is 10.8 Å². The van der Waals surface area contributed by atoms with Crippen molar-refractivity contribution in [2.75, 3.05) is 7.05 Å². The molecule has 0 fully saturated rings. The number of hydrogen-bond acceptors (Lipinski definition) is 2. The number of nitrogens with one attached hydrogen (secondary N) is 1. The van der Waals surface area contributed by atoms with Crippen molar-refractivity contribution in [1.82, 2.24) is 5.32 Å². The van der Waals surface area contributed by atoms with Crippen molar-refractivity contribution < 1.29 is 9.53 Å². The second-order valence-corrected chi connectivity index (χ2v) is 3.64. The maximum absolute atomic E-state index is 11.1. The Morgan fingerprint density at radius 2 is 1.88 bits per heavy atom. The summed E-state index contributed by atoms with van der Waals surface area (Å²) in [5, 5.41) is 4.72. The molecule has 82 valence electrons. The van der Waals surface area contributed by atoms with E-state index in [1.165, 1.54) is 7.05 Å². The zero-order valence-electron chi connectivity index (χ0n) is 8.66. The van der Waals surface area contributed by atoms with Gasteiger partial charge in [-0.25, -0.2) is 4.79 Å². The van der Waals surface area contributed by atoms with Gasteiger partial charge in [0.2, 0.25) is 0 Å². The lowest BCUT2D eigenvalue weighted by Crippen LogP contribution is -2.22. The van der Waals surface area contributed by atoms with Crippen molar-refractivity contribution >= 4 is 28.5 Å². The molecule has 0 saturated heterocycles. The van der Waals surface area contributed by atoms with Crippen LogP contribution in [0.3, 0.4) is 0 Å². The highest BCUT2D eigenvalue weighted by molar-refractivity contribution is 6.35. The SMILES string of the molecule is CNC(=O)Oc1ccc(Cl)c2ccccc12. The number of fused-ring (bicyclic) bond motifs is 1. The molecule has 3 nitrogen and oxygen atoms in total. The molecule has 0 aliphatic carbocycles. The maximum Gasteiger partial charge on any atom is 0.412 e. The van der Waals surface area contributed by atoms with Gasteiger partial charge in [0.1, 0.15) is 5.75 Å². The van der Waals surface area contributed by atoms with Gasteiger partial charge in [0, 0.05) is 22.8 Å². The molecule has 2 aromatic rings. The van der Waals surface area contributed by atoms with Crippen LogP contribution < -0.4 is 10.1 Å². The standard InChI is InChI=1S/C12H10ClNO2/c1-14-12(15)16-11-7-6-10(13)8-4-2-3-5-9(8)11/h2-7H,1H3,(H,14,15). The van der Waals surface area contributed by atoms with E-state index in [-0.39, 0.29) is 0 Å². The van der Waals surface area contributed by atoms with Crippen LogP contribution in [0.4, 0.5) is 4.79 Å². The van der Waals surface area contributed by atoms with Crippen molar-refractivity contribution in [2.45, 2.75) is 0 Å². The molecule has 0 heterocycles. The fraction of sp³-hybridized carbons (Fsp3) is 0.0833. The van der Waals surface area contributed by atoms with Crippen LogP contribution in [0.2, 0.25) is 5.02 Å². The third-order valence-corrected chi connectivity index (χ3v) is 2.57. The van der Waals surface area contributed by atoms with Gasteiger partial charge in [-0.05, 0) is 12.1 Å². The van der Waals surface area contributed by atoms with E-state index >= 15 is 0 Å². The molecule has 0 aliphatic heterocycles. The Kier molecular flexibility index (Phi) is 2.97. The van der Waals surface area contributed by atoms with E-state index in [4.69, 9.17) is 16.3 Å². The first-order valence-corrected chi connectivity index (χ1v) is 5.17. The topological polar surface area (TPSA) is 38.3 Å². The van der Waals surface area contributed by atoms with Crippen molar-refractivity contribution in [3.05, 3.63) is 41.4 Å². The van der Waals surface area contributed by atoms with Crippen molar-refractivity contribution in [3.8, 4) is 5.75 Å². The monoisotopic (exact) mass is 235 g/mol. The summed E-state index contributed by atoms with van der Waals surface area (Å²) in [5.74, 6) is 0.499. The first-order valence-electron chi connectivity index (χ1n) is 4.79. The molecule has 2 aromatic carbocycles. The number of benzene rings is 2. The number of halogens is 1. The third-order valence-electron chi connectivity index (χ3n) is 2.24. The Balaban J connectivity index is 2.54. The summed E-state index contributed by atoms with van der Waals surface area (Å²) in [6.07, 6.45) is -0.493. The molecule has 0 radical (unpaired) electrons. The van der Waals surface area contributed by atoms with E-state index < -0.39 is 6.09 Å². The number of carbonyl (C=O) groups excluding carboxylic acids is 1. The lowest BCUT2D eigenvalue weighted by Gasteiger charge is -2.08. The van der Waals surface area contributed by atoms with Gasteiger partial charge in [0.05, 0.1) is 0 Å². The van der Waals surface area contributed by atoms with Crippen LogP contribution in [0.25, 0.3) is 10.8 Å². The summed E-state index contributed by atoms with van der Waals surface area (Å²) in [7, 11) is 1.51. The fourth-order valence-corrected chi connectivity index (χ4v) is 1.70. The molecule has 0 bridgehead atoms. The average Bonchev–Trinajstić information content (AvgIpc) is 2.33. The Morgan fingerprint density at radius 1 is 1.19 bits per heavy atom. The van der Waals surface area contributed by atoms with Crippen LogP contribution in [0.15, 0.2) is 36.4 Å². The minimum atomic E-state index is -0.493. The summed E-state index contributed by atoms with van der Waals surface area (Å²) in [6.45, 7) is 0. The van der Waals surface area contributed by atoms with Gasteiger partial charge >= 0.3 is 6.09 Å². The minimum Gasteiger partial charge on any atom is -0.410 e. The summed E-state index contributed by atoms with van der Waals surface area (Å²) in [6, 6.07) is 10.9. The van der Waals surface area contributed by atoms with Crippen LogP contribution in [0, 0.1) is 0 Å².